The van der Waals surface area contributed by atoms with E-state index in [2.05, 4.69) is 99.2 Å². The minimum absolute atomic E-state index is 0.316. The Bertz CT molecular complexity index is 975. The van der Waals surface area contributed by atoms with Gasteiger partial charge in [0, 0.05) is 31.3 Å². The Morgan fingerprint density at radius 2 is 1.45 bits per heavy atom. The first-order chi connectivity index (χ1) is 15.3. The molecule has 0 N–H and O–H groups in total. The van der Waals surface area contributed by atoms with Crippen molar-refractivity contribution in [2.24, 2.45) is 0 Å². The molecule has 31 heavy (non-hydrogen) atoms. The highest BCUT2D eigenvalue weighted by molar-refractivity contribution is 5.41. The van der Waals surface area contributed by atoms with Gasteiger partial charge in [-0.15, -0.1) is 0 Å². The number of aromatic nitrogens is 3. The van der Waals surface area contributed by atoms with Crippen molar-refractivity contribution >= 4 is 0 Å². The molecule has 0 atom stereocenters. The molecule has 0 amide bonds. The first-order valence-electron chi connectivity index (χ1n) is 11.0. The van der Waals surface area contributed by atoms with Crippen LogP contribution in [0.4, 0.5) is 0 Å². The lowest BCUT2D eigenvalue weighted by Crippen LogP contribution is -2.49. The first kappa shape index (κ1) is 21.0. The minimum atomic E-state index is -0.316. The molecule has 0 spiro atoms. The van der Waals surface area contributed by atoms with Crippen LogP contribution in [0.25, 0.3) is 0 Å². The number of pyridine rings is 1. The van der Waals surface area contributed by atoms with E-state index in [4.69, 9.17) is 0 Å². The number of imidazole rings is 1. The van der Waals surface area contributed by atoms with Crippen LogP contribution in [0.5, 0.6) is 0 Å². The van der Waals surface area contributed by atoms with Crippen molar-refractivity contribution in [3.63, 3.8) is 0 Å². The van der Waals surface area contributed by atoms with Gasteiger partial charge in [0.15, 0.2) is 0 Å². The van der Waals surface area contributed by atoms with Gasteiger partial charge in [-0.2, -0.15) is 0 Å². The number of nitrogens with zero attached hydrogens (tertiary/aromatic N) is 4. The van der Waals surface area contributed by atoms with Crippen LogP contribution in [0.15, 0.2) is 104 Å². The molecule has 2 aromatic heterocycles. The number of unbranched alkanes of at least 4 members (excludes halogenated alkanes) is 1. The first-order valence-corrected chi connectivity index (χ1v) is 11.0. The maximum absolute atomic E-state index is 4.30. The Labute approximate surface area is 185 Å². The van der Waals surface area contributed by atoms with Crippen LogP contribution in [0.3, 0.4) is 0 Å². The molecule has 0 saturated heterocycles. The Balaban J connectivity index is 1.91. The van der Waals surface area contributed by atoms with E-state index in [0.717, 1.165) is 32.5 Å². The molecule has 0 unspecified atom stereocenters. The molecule has 4 nitrogen and oxygen atoms in total. The second-order valence-electron chi connectivity index (χ2n) is 7.96. The molecule has 0 bridgehead atoms. The third-order valence-corrected chi connectivity index (χ3v) is 5.93. The van der Waals surface area contributed by atoms with Crippen LogP contribution in [0.1, 0.15) is 36.5 Å². The van der Waals surface area contributed by atoms with Gasteiger partial charge >= 0.3 is 0 Å². The normalized spacial score (nSPS) is 11.7. The summed E-state index contributed by atoms with van der Waals surface area (Å²) >= 11 is 0. The fraction of sp³-hybridized carbons (Fsp3) is 0.259. The second kappa shape index (κ2) is 10.2. The molecule has 2 heterocycles. The summed E-state index contributed by atoms with van der Waals surface area (Å²) in [5.74, 6) is 0. The van der Waals surface area contributed by atoms with Gasteiger partial charge in [0.05, 0.1) is 18.5 Å². The van der Waals surface area contributed by atoms with E-state index in [1.807, 2.05) is 31.1 Å². The third kappa shape index (κ3) is 4.75. The van der Waals surface area contributed by atoms with Crippen molar-refractivity contribution in [2.45, 2.75) is 38.4 Å². The van der Waals surface area contributed by atoms with Crippen molar-refractivity contribution in [3.8, 4) is 0 Å². The third-order valence-electron chi connectivity index (χ3n) is 5.93. The van der Waals surface area contributed by atoms with E-state index in [1.165, 1.54) is 16.7 Å². The molecular formula is C27H30N4. The molecule has 4 rings (SSSR count). The Hall–Kier alpha value is -3.24. The van der Waals surface area contributed by atoms with Gasteiger partial charge in [-0.1, -0.05) is 74.0 Å². The van der Waals surface area contributed by atoms with Gasteiger partial charge in [0.2, 0.25) is 0 Å². The number of hydrogen-bond donors (Lipinski definition) is 0. The highest BCUT2D eigenvalue weighted by Gasteiger charge is 2.40. The van der Waals surface area contributed by atoms with Crippen molar-refractivity contribution in [1.82, 2.24) is 19.4 Å². The number of hydrogen-bond acceptors (Lipinski definition) is 3. The zero-order valence-electron chi connectivity index (χ0n) is 18.1. The van der Waals surface area contributed by atoms with E-state index in [9.17, 15) is 0 Å². The predicted octanol–water partition coefficient (Wildman–Crippen LogP) is 5.52. The van der Waals surface area contributed by atoms with Crippen molar-refractivity contribution < 1.29 is 0 Å². The standard InChI is InChI=1S/C27H30N4/c1-2-3-19-31(23-30-20-18-29-22-30)27(25-10-6-4-7-11-25,26-12-8-5-9-13-26)21-24-14-16-28-17-15-24/h4-18,20,22H,2-3,19,21,23H2,1H3. The summed E-state index contributed by atoms with van der Waals surface area (Å²) in [5, 5.41) is 0. The lowest BCUT2D eigenvalue weighted by molar-refractivity contribution is 0.0814. The van der Waals surface area contributed by atoms with E-state index in [1.54, 1.807) is 0 Å². The quantitative estimate of drug-likeness (QED) is 0.345. The SMILES string of the molecule is CCCCN(Cn1ccnc1)C(Cc1ccncc1)(c1ccccc1)c1ccccc1. The summed E-state index contributed by atoms with van der Waals surface area (Å²) in [4.78, 5) is 11.2. The molecule has 2 aromatic carbocycles. The predicted molar refractivity (Wildman–Crippen MR) is 125 cm³/mol. The van der Waals surface area contributed by atoms with E-state index in [-0.39, 0.29) is 5.54 Å². The fourth-order valence-corrected chi connectivity index (χ4v) is 4.37. The smallest absolute Gasteiger partial charge is 0.0956 e. The summed E-state index contributed by atoms with van der Waals surface area (Å²) in [6.45, 7) is 4.02. The van der Waals surface area contributed by atoms with Gasteiger partial charge in [-0.25, -0.2) is 4.98 Å². The van der Waals surface area contributed by atoms with Crippen LogP contribution < -0.4 is 0 Å². The zero-order chi connectivity index (χ0) is 21.4. The van der Waals surface area contributed by atoms with E-state index >= 15 is 0 Å². The highest BCUT2D eigenvalue weighted by Crippen LogP contribution is 2.40. The molecular weight excluding hydrogens is 380 g/mol. The summed E-state index contributed by atoms with van der Waals surface area (Å²) in [7, 11) is 0. The topological polar surface area (TPSA) is 34.0 Å². The summed E-state index contributed by atoms with van der Waals surface area (Å²) in [6, 6.07) is 26.1. The molecule has 0 aliphatic heterocycles. The molecule has 158 valence electrons. The highest BCUT2D eigenvalue weighted by atomic mass is 15.3. The molecule has 0 radical (unpaired) electrons. The maximum Gasteiger partial charge on any atom is 0.0956 e. The molecule has 0 aliphatic carbocycles. The summed E-state index contributed by atoms with van der Waals surface area (Å²) in [5.41, 5.74) is 3.56. The van der Waals surface area contributed by atoms with Gasteiger partial charge < -0.3 is 4.57 Å². The molecule has 0 aliphatic rings. The lowest BCUT2D eigenvalue weighted by Gasteiger charge is -2.45. The van der Waals surface area contributed by atoms with Crippen molar-refractivity contribution in [3.05, 3.63) is 121 Å². The Morgan fingerprint density at radius 3 is 2.00 bits per heavy atom. The van der Waals surface area contributed by atoms with Gasteiger partial charge in [-0.3, -0.25) is 9.88 Å². The Morgan fingerprint density at radius 1 is 0.806 bits per heavy atom. The average Bonchev–Trinajstić information content (AvgIpc) is 3.35. The van der Waals surface area contributed by atoms with Gasteiger partial charge in [-0.05, 0) is 41.7 Å². The minimum Gasteiger partial charge on any atom is -0.324 e. The summed E-state index contributed by atoms with van der Waals surface area (Å²) < 4.78 is 2.17. The lowest BCUT2D eigenvalue weighted by atomic mass is 9.76. The van der Waals surface area contributed by atoms with E-state index < -0.39 is 0 Å². The Kier molecular flexibility index (Phi) is 6.90. The fourth-order valence-electron chi connectivity index (χ4n) is 4.37. The van der Waals surface area contributed by atoms with Crippen molar-refractivity contribution in [2.75, 3.05) is 6.54 Å². The average molecular weight is 411 g/mol. The van der Waals surface area contributed by atoms with Crippen LogP contribution in [0.2, 0.25) is 0 Å². The van der Waals surface area contributed by atoms with Gasteiger partial charge in [0.1, 0.15) is 0 Å². The van der Waals surface area contributed by atoms with Crippen LogP contribution in [-0.4, -0.2) is 26.0 Å². The maximum atomic E-state index is 4.30. The van der Waals surface area contributed by atoms with Crippen molar-refractivity contribution in [1.29, 1.82) is 0 Å². The monoisotopic (exact) mass is 410 g/mol. The largest absolute Gasteiger partial charge is 0.324 e. The molecule has 4 aromatic rings. The summed E-state index contributed by atoms with van der Waals surface area (Å²) in [6.07, 6.45) is 12.7. The molecule has 0 fully saturated rings. The number of benzene rings is 2. The van der Waals surface area contributed by atoms with Crippen LogP contribution in [0, 0.1) is 0 Å². The second-order valence-corrected chi connectivity index (χ2v) is 7.96. The number of rotatable bonds is 10. The van der Waals surface area contributed by atoms with E-state index in [0.29, 0.717) is 0 Å². The van der Waals surface area contributed by atoms with Gasteiger partial charge in [0.25, 0.3) is 0 Å². The van der Waals surface area contributed by atoms with Crippen LogP contribution in [-0.2, 0) is 18.6 Å². The molecule has 4 heteroatoms. The zero-order valence-corrected chi connectivity index (χ0v) is 18.1. The van der Waals surface area contributed by atoms with Crippen LogP contribution >= 0.6 is 0 Å². The molecule has 0 saturated carbocycles.